The van der Waals surface area contributed by atoms with Crippen LogP contribution in [0.4, 0.5) is 0 Å². The number of hydrogen-bond donors (Lipinski definition) is 2. The topological polar surface area (TPSA) is 68.4 Å². The first-order valence-corrected chi connectivity index (χ1v) is 10.6. The molecular formula is C23H25ClN4O2. The van der Waals surface area contributed by atoms with E-state index in [0.717, 1.165) is 29.6 Å². The lowest BCUT2D eigenvalue weighted by Gasteiger charge is -2.34. The first-order valence-electron chi connectivity index (χ1n) is 10.2. The summed E-state index contributed by atoms with van der Waals surface area (Å²) in [5.41, 5.74) is 2.52. The van der Waals surface area contributed by atoms with Crippen molar-refractivity contribution in [2.24, 2.45) is 0 Å². The minimum Gasteiger partial charge on any atom is -0.352 e. The number of fused-ring (bicyclic) bond motifs is 1. The summed E-state index contributed by atoms with van der Waals surface area (Å²) in [6.07, 6.45) is 0.431. The van der Waals surface area contributed by atoms with Gasteiger partial charge in [0, 0.05) is 61.6 Å². The molecule has 1 aromatic heterocycles. The van der Waals surface area contributed by atoms with Gasteiger partial charge in [-0.15, -0.1) is 0 Å². The van der Waals surface area contributed by atoms with E-state index in [-0.39, 0.29) is 11.8 Å². The Morgan fingerprint density at radius 3 is 2.50 bits per heavy atom. The number of amides is 2. The van der Waals surface area contributed by atoms with Crippen molar-refractivity contribution in [3.63, 3.8) is 0 Å². The third-order valence-corrected chi connectivity index (χ3v) is 5.88. The van der Waals surface area contributed by atoms with Gasteiger partial charge < -0.3 is 15.2 Å². The SMILES string of the molecule is O=C(CCN1CCN(C(=O)c2cc3ccccc3[nH]2)CC1)NCc1ccccc1Cl. The van der Waals surface area contributed by atoms with Gasteiger partial charge in [0.15, 0.2) is 0 Å². The van der Waals surface area contributed by atoms with Gasteiger partial charge in [0.1, 0.15) is 5.69 Å². The molecule has 0 spiro atoms. The number of carbonyl (C=O) groups excluding carboxylic acids is 2. The van der Waals surface area contributed by atoms with Crippen LogP contribution in [0.3, 0.4) is 0 Å². The Morgan fingerprint density at radius 2 is 1.73 bits per heavy atom. The highest BCUT2D eigenvalue weighted by atomic mass is 35.5. The van der Waals surface area contributed by atoms with Gasteiger partial charge >= 0.3 is 0 Å². The van der Waals surface area contributed by atoms with Gasteiger partial charge in [0.05, 0.1) is 0 Å². The molecule has 6 nitrogen and oxygen atoms in total. The minimum atomic E-state index is 0.00602. The highest BCUT2D eigenvalue weighted by molar-refractivity contribution is 6.31. The number of halogens is 1. The van der Waals surface area contributed by atoms with Crippen molar-refractivity contribution in [3.05, 3.63) is 70.9 Å². The average Bonchev–Trinajstić information content (AvgIpc) is 3.21. The summed E-state index contributed by atoms with van der Waals surface area (Å²) in [5, 5.41) is 4.63. The molecule has 4 rings (SSSR count). The van der Waals surface area contributed by atoms with Crippen LogP contribution < -0.4 is 5.32 Å². The van der Waals surface area contributed by atoms with E-state index in [1.54, 1.807) is 0 Å². The second-order valence-electron chi connectivity index (χ2n) is 7.52. The molecule has 0 bridgehead atoms. The van der Waals surface area contributed by atoms with Crippen molar-refractivity contribution in [1.82, 2.24) is 20.1 Å². The Bertz CT molecular complexity index is 1010. The maximum Gasteiger partial charge on any atom is 0.270 e. The predicted molar refractivity (Wildman–Crippen MR) is 119 cm³/mol. The first kappa shape index (κ1) is 20.4. The fourth-order valence-corrected chi connectivity index (χ4v) is 3.92. The van der Waals surface area contributed by atoms with E-state index in [4.69, 9.17) is 11.6 Å². The number of carbonyl (C=O) groups is 2. The highest BCUT2D eigenvalue weighted by Crippen LogP contribution is 2.17. The van der Waals surface area contributed by atoms with E-state index in [1.165, 1.54) is 0 Å². The first-order chi connectivity index (χ1) is 14.6. The van der Waals surface area contributed by atoms with Gasteiger partial charge in [0.25, 0.3) is 5.91 Å². The second kappa shape index (κ2) is 9.32. The normalized spacial score (nSPS) is 14.8. The van der Waals surface area contributed by atoms with Crippen LogP contribution in [-0.4, -0.2) is 59.3 Å². The summed E-state index contributed by atoms with van der Waals surface area (Å²) < 4.78 is 0. The number of benzene rings is 2. The molecule has 156 valence electrons. The predicted octanol–water partition coefficient (Wildman–Crippen LogP) is 3.29. The maximum atomic E-state index is 12.8. The van der Waals surface area contributed by atoms with E-state index >= 15 is 0 Å². The summed E-state index contributed by atoms with van der Waals surface area (Å²) in [6.45, 7) is 3.98. The van der Waals surface area contributed by atoms with Crippen molar-refractivity contribution in [3.8, 4) is 0 Å². The standard InChI is InChI=1S/C23H25ClN4O2/c24-19-7-3-1-6-18(19)16-25-22(29)9-10-27-11-13-28(14-12-27)23(30)21-15-17-5-2-4-8-20(17)26-21/h1-8,15,26H,9-14,16H2,(H,25,29). The molecule has 0 unspecified atom stereocenters. The van der Waals surface area contributed by atoms with Gasteiger partial charge in [-0.25, -0.2) is 0 Å². The molecule has 2 aromatic carbocycles. The second-order valence-corrected chi connectivity index (χ2v) is 7.93. The fourth-order valence-electron chi connectivity index (χ4n) is 3.72. The van der Waals surface area contributed by atoms with Crippen LogP contribution in [0.5, 0.6) is 0 Å². The number of nitrogens with zero attached hydrogens (tertiary/aromatic N) is 2. The maximum absolute atomic E-state index is 12.8. The molecule has 0 saturated carbocycles. The lowest BCUT2D eigenvalue weighted by Crippen LogP contribution is -2.49. The summed E-state index contributed by atoms with van der Waals surface area (Å²) in [5.74, 6) is 0.0369. The lowest BCUT2D eigenvalue weighted by atomic mass is 10.2. The third-order valence-electron chi connectivity index (χ3n) is 5.51. The minimum absolute atomic E-state index is 0.00602. The Balaban J connectivity index is 1.21. The molecule has 1 aliphatic heterocycles. The fraction of sp³-hybridized carbons (Fsp3) is 0.304. The molecule has 1 saturated heterocycles. The van der Waals surface area contributed by atoms with Crippen molar-refractivity contribution in [1.29, 1.82) is 0 Å². The van der Waals surface area contributed by atoms with Crippen molar-refractivity contribution in [2.45, 2.75) is 13.0 Å². The van der Waals surface area contributed by atoms with Gasteiger partial charge in [-0.05, 0) is 23.8 Å². The van der Waals surface area contributed by atoms with Crippen molar-refractivity contribution in [2.75, 3.05) is 32.7 Å². The summed E-state index contributed by atoms with van der Waals surface area (Å²) in [6, 6.07) is 17.3. The Hall–Kier alpha value is -2.83. The number of H-pyrrole nitrogens is 1. The third kappa shape index (κ3) is 4.83. The molecule has 7 heteroatoms. The monoisotopic (exact) mass is 424 g/mol. The number of nitrogens with one attached hydrogen (secondary N) is 2. The number of piperazine rings is 1. The van der Waals surface area contributed by atoms with Crippen LogP contribution in [0, 0.1) is 0 Å². The van der Waals surface area contributed by atoms with Crippen molar-refractivity contribution < 1.29 is 9.59 Å². The van der Waals surface area contributed by atoms with Crippen LogP contribution >= 0.6 is 11.6 Å². The van der Waals surface area contributed by atoms with Gasteiger partial charge in [-0.2, -0.15) is 0 Å². The zero-order valence-electron chi connectivity index (χ0n) is 16.7. The number of aromatic nitrogens is 1. The smallest absolute Gasteiger partial charge is 0.270 e. The van der Waals surface area contributed by atoms with E-state index in [2.05, 4.69) is 15.2 Å². The lowest BCUT2D eigenvalue weighted by molar-refractivity contribution is -0.121. The number of rotatable bonds is 6. The zero-order valence-corrected chi connectivity index (χ0v) is 17.5. The molecule has 2 heterocycles. The highest BCUT2D eigenvalue weighted by Gasteiger charge is 2.23. The number of para-hydroxylation sites is 1. The largest absolute Gasteiger partial charge is 0.352 e. The average molecular weight is 425 g/mol. The molecule has 0 atom stereocenters. The molecule has 0 aliphatic carbocycles. The van der Waals surface area contributed by atoms with Gasteiger partial charge in [-0.3, -0.25) is 14.5 Å². The molecule has 1 fully saturated rings. The number of aromatic amines is 1. The zero-order chi connectivity index (χ0) is 20.9. The van der Waals surface area contributed by atoms with Gasteiger partial charge in [0.2, 0.25) is 5.91 Å². The quantitative estimate of drug-likeness (QED) is 0.638. The van der Waals surface area contributed by atoms with Crippen LogP contribution in [0.2, 0.25) is 5.02 Å². The number of hydrogen-bond acceptors (Lipinski definition) is 3. The van der Waals surface area contributed by atoms with E-state index in [9.17, 15) is 9.59 Å². The molecule has 1 aliphatic rings. The Kier molecular flexibility index (Phi) is 6.35. The Labute approximate surface area is 180 Å². The molecule has 2 N–H and O–H groups in total. The van der Waals surface area contributed by atoms with Crippen LogP contribution in [0.25, 0.3) is 10.9 Å². The van der Waals surface area contributed by atoms with E-state index in [1.807, 2.05) is 59.5 Å². The summed E-state index contributed by atoms with van der Waals surface area (Å²) in [4.78, 5) is 32.3. The van der Waals surface area contributed by atoms with Crippen LogP contribution in [0.15, 0.2) is 54.6 Å². The molecule has 30 heavy (non-hydrogen) atoms. The summed E-state index contributed by atoms with van der Waals surface area (Å²) >= 11 is 6.12. The van der Waals surface area contributed by atoms with E-state index < -0.39 is 0 Å². The van der Waals surface area contributed by atoms with Gasteiger partial charge in [-0.1, -0.05) is 48.0 Å². The molecule has 2 amide bonds. The van der Waals surface area contributed by atoms with E-state index in [0.29, 0.717) is 43.3 Å². The van der Waals surface area contributed by atoms with Crippen molar-refractivity contribution >= 4 is 34.3 Å². The van der Waals surface area contributed by atoms with Crippen LogP contribution in [-0.2, 0) is 11.3 Å². The molecule has 3 aromatic rings. The Morgan fingerprint density at radius 1 is 1.00 bits per heavy atom. The summed E-state index contributed by atoms with van der Waals surface area (Å²) in [7, 11) is 0. The molecular weight excluding hydrogens is 400 g/mol. The van der Waals surface area contributed by atoms with Crippen LogP contribution in [0.1, 0.15) is 22.5 Å². The molecule has 0 radical (unpaired) electrons.